The van der Waals surface area contributed by atoms with Gasteiger partial charge in [-0.25, -0.2) is 0 Å². The summed E-state index contributed by atoms with van der Waals surface area (Å²) in [7, 11) is 0. The Labute approximate surface area is 111 Å². The van der Waals surface area contributed by atoms with E-state index in [-0.39, 0.29) is 6.04 Å². The lowest BCUT2D eigenvalue weighted by Crippen LogP contribution is -2.12. The van der Waals surface area contributed by atoms with Gasteiger partial charge in [-0.2, -0.15) is 0 Å². The normalized spacial score (nSPS) is 12.7. The first-order valence-electron chi connectivity index (χ1n) is 5.62. The van der Waals surface area contributed by atoms with Crippen molar-refractivity contribution >= 4 is 22.9 Å². The average molecular weight is 266 g/mol. The van der Waals surface area contributed by atoms with Crippen molar-refractivity contribution in [2.24, 2.45) is 5.73 Å². The van der Waals surface area contributed by atoms with E-state index in [9.17, 15) is 0 Å². The zero-order valence-corrected chi connectivity index (χ0v) is 11.6. The molecule has 0 aliphatic heterocycles. The monoisotopic (exact) mass is 265 g/mol. The molecule has 0 bridgehead atoms. The summed E-state index contributed by atoms with van der Waals surface area (Å²) in [5, 5.41) is 2.77. The summed E-state index contributed by atoms with van der Waals surface area (Å²) in [5.41, 5.74) is 10.0. The Bertz CT molecular complexity index is 498. The first-order valence-corrected chi connectivity index (χ1v) is 6.87. The van der Waals surface area contributed by atoms with E-state index in [0.29, 0.717) is 0 Å². The van der Waals surface area contributed by atoms with E-state index in [0.717, 1.165) is 16.3 Å². The molecule has 2 aromatic rings. The molecule has 0 saturated heterocycles. The van der Waals surface area contributed by atoms with Gasteiger partial charge in [0.15, 0.2) is 0 Å². The highest BCUT2D eigenvalue weighted by Gasteiger charge is 2.12. The largest absolute Gasteiger partial charge is 0.323 e. The van der Waals surface area contributed by atoms with E-state index in [1.807, 2.05) is 11.4 Å². The maximum Gasteiger partial charge on any atom is 0.0561 e. The third kappa shape index (κ3) is 3.09. The molecule has 3 heteroatoms. The van der Waals surface area contributed by atoms with Crippen LogP contribution in [-0.2, 0) is 6.42 Å². The molecule has 0 aliphatic rings. The Balaban J connectivity index is 2.18. The number of nitrogens with two attached hydrogens (primary N) is 1. The maximum atomic E-state index is 6.20. The molecule has 0 fully saturated rings. The number of rotatable bonds is 3. The smallest absolute Gasteiger partial charge is 0.0561 e. The van der Waals surface area contributed by atoms with Gasteiger partial charge in [-0.05, 0) is 37.3 Å². The molecular weight excluding hydrogens is 250 g/mol. The molecule has 0 saturated carbocycles. The summed E-state index contributed by atoms with van der Waals surface area (Å²) in [5.74, 6) is 0. The van der Waals surface area contributed by atoms with Gasteiger partial charge in [0.05, 0.1) is 5.02 Å². The van der Waals surface area contributed by atoms with Crippen LogP contribution in [0.5, 0.6) is 0 Å². The second-order valence-corrected chi connectivity index (χ2v) is 5.79. The van der Waals surface area contributed by atoms with Gasteiger partial charge >= 0.3 is 0 Å². The van der Waals surface area contributed by atoms with E-state index in [1.165, 1.54) is 16.7 Å². The summed E-state index contributed by atoms with van der Waals surface area (Å²) >= 11 is 7.72. The molecule has 0 amide bonds. The molecule has 1 aromatic heterocycles. The van der Waals surface area contributed by atoms with Gasteiger partial charge in [-0.15, -0.1) is 11.3 Å². The number of benzene rings is 1. The molecule has 2 N–H and O–H groups in total. The van der Waals surface area contributed by atoms with Gasteiger partial charge in [0.2, 0.25) is 0 Å². The Hall–Kier alpha value is -0.830. The minimum absolute atomic E-state index is 0.0105. The fourth-order valence-corrected chi connectivity index (χ4v) is 3.30. The van der Waals surface area contributed by atoms with Crippen molar-refractivity contribution < 1.29 is 0 Å². The average Bonchev–Trinajstić information content (AvgIpc) is 2.62. The van der Waals surface area contributed by atoms with Gasteiger partial charge < -0.3 is 5.73 Å². The van der Waals surface area contributed by atoms with E-state index in [1.54, 1.807) is 11.3 Å². The van der Waals surface area contributed by atoms with Crippen LogP contribution < -0.4 is 5.73 Å². The molecule has 1 aromatic carbocycles. The summed E-state index contributed by atoms with van der Waals surface area (Å²) < 4.78 is 0. The minimum Gasteiger partial charge on any atom is -0.323 e. The number of aryl methyl sites for hydroxylation is 2. The highest BCUT2D eigenvalue weighted by molar-refractivity contribution is 7.10. The number of hydrogen-bond donors (Lipinski definition) is 1. The van der Waals surface area contributed by atoms with E-state index in [2.05, 4.69) is 32.0 Å². The fraction of sp³-hybridized carbons (Fsp3) is 0.286. The first-order chi connectivity index (χ1) is 8.06. The van der Waals surface area contributed by atoms with E-state index >= 15 is 0 Å². The Morgan fingerprint density at radius 2 is 1.88 bits per heavy atom. The minimum atomic E-state index is -0.0105. The zero-order chi connectivity index (χ0) is 12.4. The van der Waals surface area contributed by atoms with Crippen LogP contribution in [0.15, 0.2) is 29.6 Å². The van der Waals surface area contributed by atoms with Crippen LogP contribution in [0.1, 0.15) is 27.6 Å². The van der Waals surface area contributed by atoms with Crippen LogP contribution in [0, 0.1) is 13.8 Å². The Morgan fingerprint density at radius 1 is 1.24 bits per heavy atom. The molecule has 17 heavy (non-hydrogen) atoms. The van der Waals surface area contributed by atoms with Gasteiger partial charge in [-0.1, -0.05) is 40.9 Å². The molecular formula is C14H16ClNS. The second kappa shape index (κ2) is 5.21. The van der Waals surface area contributed by atoms with Gasteiger partial charge in [0, 0.05) is 10.9 Å². The lowest BCUT2D eigenvalue weighted by molar-refractivity contribution is 0.736. The zero-order valence-electron chi connectivity index (χ0n) is 10.0. The maximum absolute atomic E-state index is 6.20. The SMILES string of the molecule is Cc1cc(C)cc(CC(N)c2sccc2Cl)c1. The highest BCUT2D eigenvalue weighted by Crippen LogP contribution is 2.29. The van der Waals surface area contributed by atoms with Crippen LogP contribution in [0.25, 0.3) is 0 Å². The summed E-state index contributed by atoms with van der Waals surface area (Å²) in [6, 6.07) is 8.45. The summed E-state index contributed by atoms with van der Waals surface area (Å²) in [4.78, 5) is 1.07. The predicted octanol–water partition coefficient (Wildman–Crippen LogP) is 4.26. The molecule has 2 rings (SSSR count). The Kier molecular flexibility index (Phi) is 3.87. The fourth-order valence-electron chi connectivity index (χ4n) is 2.10. The lowest BCUT2D eigenvalue weighted by Gasteiger charge is -2.12. The van der Waals surface area contributed by atoms with Crippen LogP contribution in [-0.4, -0.2) is 0 Å². The molecule has 0 aliphatic carbocycles. The molecule has 1 nitrogen and oxygen atoms in total. The Morgan fingerprint density at radius 3 is 2.41 bits per heavy atom. The van der Waals surface area contributed by atoms with Crippen molar-refractivity contribution in [1.29, 1.82) is 0 Å². The molecule has 1 atom stereocenters. The quantitative estimate of drug-likeness (QED) is 0.882. The topological polar surface area (TPSA) is 26.0 Å². The van der Waals surface area contributed by atoms with Crippen LogP contribution in [0.3, 0.4) is 0 Å². The van der Waals surface area contributed by atoms with Crippen LogP contribution >= 0.6 is 22.9 Å². The number of thiophene rings is 1. The van der Waals surface area contributed by atoms with Crippen molar-refractivity contribution in [2.75, 3.05) is 0 Å². The number of halogens is 1. The van der Waals surface area contributed by atoms with Crippen molar-refractivity contribution in [1.82, 2.24) is 0 Å². The first kappa shape index (κ1) is 12.6. The van der Waals surface area contributed by atoms with Crippen LogP contribution in [0.2, 0.25) is 5.02 Å². The second-order valence-electron chi connectivity index (χ2n) is 4.44. The van der Waals surface area contributed by atoms with Crippen molar-refractivity contribution in [2.45, 2.75) is 26.3 Å². The highest BCUT2D eigenvalue weighted by atomic mass is 35.5. The molecule has 1 unspecified atom stereocenters. The predicted molar refractivity (Wildman–Crippen MR) is 75.9 cm³/mol. The van der Waals surface area contributed by atoms with E-state index < -0.39 is 0 Å². The standard InChI is InChI=1S/C14H16ClNS/c1-9-5-10(2)7-11(6-9)8-13(16)14-12(15)3-4-17-14/h3-7,13H,8,16H2,1-2H3. The third-order valence-corrected chi connectivity index (χ3v) is 4.21. The van der Waals surface area contributed by atoms with Crippen LogP contribution in [0.4, 0.5) is 0 Å². The summed E-state index contributed by atoms with van der Waals surface area (Å²) in [6.45, 7) is 4.22. The van der Waals surface area contributed by atoms with Crippen molar-refractivity contribution in [3.63, 3.8) is 0 Å². The van der Waals surface area contributed by atoms with Gasteiger partial charge in [0.1, 0.15) is 0 Å². The third-order valence-electron chi connectivity index (χ3n) is 2.72. The molecule has 90 valence electrons. The summed E-state index contributed by atoms with van der Waals surface area (Å²) in [6.07, 6.45) is 0.836. The van der Waals surface area contributed by atoms with Crippen molar-refractivity contribution in [3.05, 3.63) is 56.2 Å². The molecule has 0 spiro atoms. The van der Waals surface area contributed by atoms with Gasteiger partial charge in [0.25, 0.3) is 0 Å². The lowest BCUT2D eigenvalue weighted by atomic mass is 10.0. The molecule has 1 heterocycles. The van der Waals surface area contributed by atoms with E-state index in [4.69, 9.17) is 17.3 Å². The van der Waals surface area contributed by atoms with Gasteiger partial charge in [-0.3, -0.25) is 0 Å². The molecule has 0 radical (unpaired) electrons. The van der Waals surface area contributed by atoms with Crippen molar-refractivity contribution in [3.8, 4) is 0 Å². The number of hydrogen-bond acceptors (Lipinski definition) is 2.